The molecule has 0 amide bonds. The monoisotopic (exact) mass is 295 g/mol. The Labute approximate surface area is 116 Å². The lowest BCUT2D eigenvalue weighted by Gasteiger charge is -2.10. The maximum atomic E-state index is 13.3. The van der Waals surface area contributed by atoms with Crippen LogP contribution in [0, 0.1) is 12.7 Å². The number of nitrogens with zero attached hydrogens (tertiary/aromatic N) is 1. The molecule has 3 N–H and O–H groups in total. The van der Waals surface area contributed by atoms with Crippen LogP contribution in [0.1, 0.15) is 11.1 Å². The second kappa shape index (κ2) is 5.56. The molecule has 0 atom stereocenters. The molecule has 106 valence electrons. The zero-order valence-corrected chi connectivity index (χ0v) is 11.6. The molecular formula is C13H14FN3O2S. The minimum atomic E-state index is -3.87. The van der Waals surface area contributed by atoms with Gasteiger partial charge >= 0.3 is 0 Å². The summed E-state index contributed by atoms with van der Waals surface area (Å²) in [5.41, 5.74) is 6.73. The summed E-state index contributed by atoms with van der Waals surface area (Å²) in [7, 11) is -3.87. The summed E-state index contributed by atoms with van der Waals surface area (Å²) in [6, 6.07) is 5.45. The fourth-order valence-corrected chi connectivity index (χ4v) is 2.83. The highest BCUT2D eigenvalue weighted by Gasteiger charge is 2.19. The molecule has 0 aliphatic rings. The number of benzene rings is 1. The number of hydrogen-bond acceptors (Lipinski definition) is 4. The number of halogens is 1. The molecule has 0 bridgehead atoms. The predicted molar refractivity (Wildman–Crippen MR) is 73.8 cm³/mol. The van der Waals surface area contributed by atoms with Crippen LogP contribution in [0.3, 0.4) is 0 Å². The van der Waals surface area contributed by atoms with E-state index in [1.165, 1.54) is 12.1 Å². The number of aromatic nitrogens is 1. The fourth-order valence-electron chi connectivity index (χ4n) is 1.68. The molecule has 7 heteroatoms. The molecule has 0 saturated carbocycles. The molecule has 20 heavy (non-hydrogen) atoms. The van der Waals surface area contributed by atoms with Crippen LogP contribution in [0.5, 0.6) is 0 Å². The maximum absolute atomic E-state index is 13.3. The van der Waals surface area contributed by atoms with E-state index in [-0.39, 0.29) is 17.1 Å². The zero-order chi connectivity index (χ0) is 14.8. The van der Waals surface area contributed by atoms with E-state index in [1.54, 1.807) is 18.5 Å². The van der Waals surface area contributed by atoms with Crippen molar-refractivity contribution in [2.45, 2.75) is 18.4 Å². The van der Waals surface area contributed by atoms with Gasteiger partial charge in [0.1, 0.15) is 10.7 Å². The Morgan fingerprint density at radius 3 is 2.80 bits per heavy atom. The topological polar surface area (TPSA) is 85.1 Å². The third-order valence-electron chi connectivity index (χ3n) is 2.90. The number of aryl methyl sites for hydroxylation is 1. The van der Waals surface area contributed by atoms with Gasteiger partial charge in [0.15, 0.2) is 0 Å². The van der Waals surface area contributed by atoms with Crippen LogP contribution in [0.2, 0.25) is 0 Å². The maximum Gasteiger partial charge on any atom is 0.243 e. The molecule has 1 aromatic carbocycles. The normalized spacial score (nSPS) is 11.5. The van der Waals surface area contributed by atoms with Crippen LogP contribution < -0.4 is 10.5 Å². The van der Waals surface area contributed by atoms with E-state index < -0.39 is 15.8 Å². The Hall–Kier alpha value is -1.99. The van der Waals surface area contributed by atoms with Crippen molar-refractivity contribution < 1.29 is 12.8 Å². The third-order valence-corrected chi connectivity index (χ3v) is 4.36. The Kier molecular flexibility index (Phi) is 4.01. The first-order valence-corrected chi connectivity index (χ1v) is 7.33. The number of sulfonamides is 1. The summed E-state index contributed by atoms with van der Waals surface area (Å²) in [6.45, 7) is 1.92. The fraction of sp³-hybridized carbons (Fsp3) is 0.154. The average molecular weight is 295 g/mol. The summed E-state index contributed by atoms with van der Waals surface area (Å²) in [4.78, 5) is 3.67. The Morgan fingerprint density at radius 2 is 2.10 bits per heavy atom. The van der Waals surface area contributed by atoms with Gasteiger partial charge in [0.2, 0.25) is 10.0 Å². The molecular weight excluding hydrogens is 281 g/mol. The molecule has 0 saturated heterocycles. The summed E-state index contributed by atoms with van der Waals surface area (Å²) in [6.07, 6.45) is 3.20. The smallest absolute Gasteiger partial charge is 0.243 e. The van der Waals surface area contributed by atoms with E-state index in [0.29, 0.717) is 0 Å². The standard InChI is InChI=1S/C13H14FN3O2S/c1-9-5-6-16-7-10(9)8-17-20(18,19)12-4-2-3-11(14)13(12)15/h2-7,17H,8,15H2,1H3. The first-order valence-electron chi connectivity index (χ1n) is 5.85. The lowest BCUT2D eigenvalue weighted by atomic mass is 10.2. The van der Waals surface area contributed by atoms with E-state index in [2.05, 4.69) is 9.71 Å². The zero-order valence-electron chi connectivity index (χ0n) is 10.8. The highest BCUT2D eigenvalue weighted by Crippen LogP contribution is 2.21. The minimum absolute atomic E-state index is 0.0674. The lowest BCUT2D eigenvalue weighted by molar-refractivity contribution is 0.578. The van der Waals surface area contributed by atoms with Gasteiger partial charge < -0.3 is 5.73 Å². The number of anilines is 1. The lowest BCUT2D eigenvalue weighted by Crippen LogP contribution is -2.24. The van der Waals surface area contributed by atoms with E-state index in [0.717, 1.165) is 17.2 Å². The van der Waals surface area contributed by atoms with Crippen molar-refractivity contribution in [2.75, 3.05) is 5.73 Å². The molecule has 0 spiro atoms. The van der Waals surface area contributed by atoms with Crippen LogP contribution in [-0.2, 0) is 16.6 Å². The molecule has 0 aliphatic carbocycles. The largest absolute Gasteiger partial charge is 0.395 e. The number of nitrogen functional groups attached to an aromatic ring is 1. The molecule has 0 fully saturated rings. The van der Waals surface area contributed by atoms with Crippen LogP contribution >= 0.6 is 0 Å². The Morgan fingerprint density at radius 1 is 1.35 bits per heavy atom. The number of hydrogen-bond donors (Lipinski definition) is 2. The van der Waals surface area contributed by atoms with Crippen molar-refractivity contribution in [1.82, 2.24) is 9.71 Å². The molecule has 2 aromatic rings. The molecule has 1 heterocycles. The van der Waals surface area contributed by atoms with Crippen molar-refractivity contribution in [1.29, 1.82) is 0 Å². The average Bonchev–Trinajstić information content (AvgIpc) is 2.41. The number of nitrogens with two attached hydrogens (primary N) is 1. The van der Waals surface area contributed by atoms with Crippen molar-refractivity contribution in [3.8, 4) is 0 Å². The van der Waals surface area contributed by atoms with E-state index >= 15 is 0 Å². The second-order valence-corrected chi connectivity index (χ2v) is 6.01. The summed E-state index contributed by atoms with van der Waals surface area (Å²) in [5.74, 6) is -0.759. The predicted octanol–water partition coefficient (Wildman–Crippen LogP) is 1.59. The van der Waals surface area contributed by atoms with E-state index in [4.69, 9.17) is 5.73 Å². The Balaban J connectivity index is 2.24. The highest BCUT2D eigenvalue weighted by atomic mass is 32.2. The second-order valence-electron chi connectivity index (χ2n) is 4.28. The SMILES string of the molecule is Cc1ccncc1CNS(=O)(=O)c1cccc(F)c1N. The van der Waals surface area contributed by atoms with Gasteiger partial charge in [-0.1, -0.05) is 6.07 Å². The van der Waals surface area contributed by atoms with Gasteiger partial charge in [0.05, 0.1) is 5.69 Å². The minimum Gasteiger partial charge on any atom is -0.395 e. The van der Waals surface area contributed by atoms with E-state index in [1.807, 2.05) is 6.92 Å². The number of para-hydroxylation sites is 1. The van der Waals surface area contributed by atoms with Crippen molar-refractivity contribution in [3.05, 3.63) is 53.6 Å². The van der Waals surface area contributed by atoms with Gasteiger partial charge in [-0.25, -0.2) is 17.5 Å². The summed E-state index contributed by atoms with van der Waals surface area (Å²) in [5, 5.41) is 0. The third kappa shape index (κ3) is 2.94. The van der Waals surface area contributed by atoms with Gasteiger partial charge in [-0.05, 0) is 36.2 Å². The first kappa shape index (κ1) is 14.4. The first-order chi connectivity index (χ1) is 9.42. The highest BCUT2D eigenvalue weighted by molar-refractivity contribution is 7.89. The van der Waals surface area contributed by atoms with Gasteiger partial charge in [0.25, 0.3) is 0 Å². The molecule has 0 aliphatic heterocycles. The van der Waals surface area contributed by atoms with Crippen molar-refractivity contribution in [3.63, 3.8) is 0 Å². The van der Waals surface area contributed by atoms with Crippen LogP contribution in [0.15, 0.2) is 41.6 Å². The summed E-state index contributed by atoms with van der Waals surface area (Å²) < 4.78 is 39.9. The molecule has 5 nitrogen and oxygen atoms in total. The molecule has 2 rings (SSSR count). The quantitative estimate of drug-likeness (QED) is 0.839. The number of pyridine rings is 1. The molecule has 0 radical (unpaired) electrons. The van der Waals surface area contributed by atoms with Gasteiger partial charge in [-0.15, -0.1) is 0 Å². The number of rotatable bonds is 4. The summed E-state index contributed by atoms with van der Waals surface area (Å²) >= 11 is 0. The van der Waals surface area contributed by atoms with Crippen LogP contribution in [0.25, 0.3) is 0 Å². The molecule has 1 aromatic heterocycles. The van der Waals surface area contributed by atoms with Crippen LogP contribution in [-0.4, -0.2) is 13.4 Å². The van der Waals surface area contributed by atoms with Gasteiger partial charge in [-0.3, -0.25) is 4.98 Å². The van der Waals surface area contributed by atoms with E-state index in [9.17, 15) is 12.8 Å². The van der Waals surface area contributed by atoms with Gasteiger partial charge in [-0.2, -0.15) is 0 Å². The molecule has 0 unspecified atom stereocenters. The Bertz CT molecular complexity index is 732. The van der Waals surface area contributed by atoms with Crippen LogP contribution in [0.4, 0.5) is 10.1 Å². The van der Waals surface area contributed by atoms with Crippen molar-refractivity contribution >= 4 is 15.7 Å². The number of nitrogens with one attached hydrogen (secondary N) is 1. The van der Waals surface area contributed by atoms with Gasteiger partial charge in [0, 0.05) is 18.9 Å². The van der Waals surface area contributed by atoms with Crippen molar-refractivity contribution in [2.24, 2.45) is 0 Å².